The van der Waals surface area contributed by atoms with Crippen LogP contribution in [0.4, 0.5) is 5.69 Å². The van der Waals surface area contributed by atoms with Gasteiger partial charge in [0.2, 0.25) is 21.7 Å². The summed E-state index contributed by atoms with van der Waals surface area (Å²) >= 11 is 0. The van der Waals surface area contributed by atoms with Crippen LogP contribution < -0.4 is 9.04 Å². The minimum absolute atomic E-state index is 0.152. The van der Waals surface area contributed by atoms with E-state index in [1.807, 2.05) is 31.2 Å². The first-order valence-electron chi connectivity index (χ1n) is 9.44. The zero-order chi connectivity index (χ0) is 22.6. The van der Waals surface area contributed by atoms with Crippen LogP contribution in [0.1, 0.15) is 11.5 Å². The number of carbonyl (C=O) groups is 1. The minimum atomic E-state index is -3.34. The summed E-state index contributed by atoms with van der Waals surface area (Å²) < 4.78 is 35.1. The molecule has 0 aliphatic rings. The molecule has 1 heterocycles. The van der Waals surface area contributed by atoms with E-state index in [0.29, 0.717) is 23.2 Å². The number of aryl methyl sites for hydroxylation is 1. The predicted octanol–water partition coefficient (Wildman–Crippen LogP) is 2.48. The Kier molecular flexibility index (Phi) is 6.59. The number of nitrogens with zero attached hydrogens (tertiary/aromatic N) is 4. The molecule has 0 aliphatic carbocycles. The van der Waals surface area contributed by atoms with E-state index >= 15 is 0 Å². The van der Waals surface area contributed by atoms with Gasteiger partial charge in [0.1, 0.15) is 5.75 Å². The van der Waals surface area contributed by atoms with Crippen molar-refractivity contribution in [1.82, 2.24) is 15.0 Å². The minimum Gasteiger partial charge on any atom is -0.484 e. The number of hydrogen-bond acceptors (Lipinski definition) is 7. The van der Waals surface area contributed by atoms with E-state index in [1.54, 1.807) is 31.3 Å². The normalized spacial score (nSPS) is 11.2. The van der Waals surface area contributed by atoms with Crippen LogP contribution in [-0.2, 0) is 21.4 Å². The Bertz CT molecular complexity index is 1140. The maximum Gasteiger partial charge on any atom is 0.260 e. The molecule has 0 atom stereocenters. The molecule has 3 aromatic rings. The van der Waals surface area contributed by atoms with E-state index in [4.69, 9.17) is 9.26 Å². The maximum atomic E-state index is 12.4. The highest BCUT2D eigenvalue weighted by molar-refractivity contribution is 7.92. The van der Waals surface area contributed by atoms with Gasteiger partial charge in [0.05, 0.1) is 18.5 Å². The second kappa shape index (κ2) is 9.17. The third kappa shape index (κ3) is 5.82. The average Bonchev–Trinajstić information content (AvgIpc) is 3.20. The third-order valence-electron chi connectivity index (χ3n) is 4.64. The molecule has 0 fully saturated rings. The van der Waals surface area contributed by atoms with Crippen LogP contribution >= 0.6 is 0 Å². The lowest BCUT2D eigenvalue weighted by atomic mass is 10.1. The molecule has 3 rings (SSSR count). The van der Waals surface area contributed by atoms with Gasteiger partial charge in [0.25, 0.3) is 5.91 Å². The quantitative estimate of drug-likeness (QED) is 0.525. The summed E-state index contributed by atoms with van der Waals surface area (Å²) in [6.45, 7) is 1.96. The van der Waals surface area contributed by atoms with E-state index in [9.17, 15) is 13.2 Å². The first kappa shape index (κ1) is 22.3. The van der Waals surface area contributed by atoms with Crippen molar-refractivity contribution in [2.45, 2.75) is 13.5 Å². The molecule has 0 spiro atoms. The molecule has 0 aliphatic heterocycles. The Morgan fingerprint density at radius 3 is 2.32 bits per heavy atom. The average molecular weight is 445 g/mol. The van der Waals surface area contributed by atoms with Gasteiger partial charge in [-0.05, 0) is 31.2 Å². The van der Waals surface area contributed by atoms with Gasteiger partial charge in [0, 0.05) is 19.7 Å². The summed E-state index contributed by atoms with van der Waals surface area (Å²) in [7, 11) is -0.261. The van der Waals surface area contributed by atoms with Crippen LogP contribution in [-0.4, -0.2) is 56.3 Å². The van der Waals surface area contributed by atoms with Crippen LogP contribution in [0.5, 0.6) is 5.75 Å². The number of hydrogen-bond donors (Lipinski definition) is 0. The van der Waals surface area contributed by atoms with Gasteiger partial charge >= 0.3 is 0 Å². The van der Waals surface area contributed by atoms with E-state index in [1.165, 1.54) is 11.9 Å². The Hall–Kier alpha value is -3.40. The fourth-order valence-corrected chi connectivity index (χ4v) is 3.13. The number of aromatic nitrogens is 2. The van der Waals surface area contributed by atoms with Crippen molar-refractivity contribution in [3.63, 3.8) is 0 Å². The highest BCUT2D eigenvalue weighted by Gasteiger charge is 2.16. The van der Waals surface area contributed by atoms with Crippen LogP contribution in [0.2, 0.25) is 0 Å². The van der Waals surface area contributed by atoms with Crippen molar-refractivity contribution >= 4 is 21.6 Å². The molecule has 0 saturated heterocycles. The lowest BCUT2D eigenvalue weighted by Crippen LogP contribution is -2.31. The number of amides is 1. The Morgan fingerprint density at radius 1 is 1.06 bits per heavy atom. The van der Waals surface area contributed by atoms with E-state index in [-0.39, 0.29) is 19.1 Å². The monoisotopic (exact) mass is 444 g/mol. The number of likely N-dealkylation sites (N-methyl/N-ethyl adjacent to an activating group) is 1. The molecule has 1 aromatic heterocycles. The van der Waals surface area contributed by atoms with Gasteiger partial charge in [-0.15, -0.1) is 0 Å². The van der Waals surface area contributed by atoms with Crippen LogP contribution in [0.15, 0.2) is 53.1 Å². The zero-order valence-corrected chi connectivity index (χ0v) is 18.6. The molecular weight excluding hydrogens is 420 g/mol. The Morgan fingerprint density at radius 2 is 1.71 bits per heavy atom. The lowest BCUT2D eigenvalue weighted by molar-refractivity contribution is -0.132. The second-order valence-corrected chi connectivity index (χ2v) is 9.15. The molecule has 0 radical (unpaired) electrons. The van der Waals surface area contributed by atoms with E-state index in [2.05, 4.69) is 10.1 Å². The van der Waals surface area contributed by atoms with Crippen molar-refractivity contribution in [2.24, 2.45) is 0 Å². The number of carbonyl (C=O) groups excluding carboxylic acids is 1. The number of rotatable bonds is 8. The van der Waals surface area contributed by atoms with Crippen LogP contribution in [0.3, 0.4) is 0 Å². The fraction of sp³-hybridized carbons (Fsp3) is 0.286. The third-order valence-corrected chi connectivity index (χ3v) is 5.84. The summed E-state index contributed by atoms with van der Waals surface area (Å²) in [5.41, 5.74) is 2.47. The van der Waals surface area contributed by atoms with Crippen LogP contribution in [0, 0.1) is 6.92 Å². The summed E-state index contributed by atoms with van der Waals surface area (Å²) in [6.07, 6.45) is 1.12. The molecule has 1 amide bonds. The standard InChI is InChI=1S/C21H24N4O5S/c1-15-5-7-16(8-6-15)21-22-19(30-23-21)13-24(2)20(26)14-29-18-11-9-17(10-12-18)25(3)31(4,27)28/h5-12H,13-14H2,1-4H3. The molecule has 0 unspecified atom stereocenters. The Labute approximate surface area is 181 Å². The second-order valence-electron chi connectivity index (χ2n) is 7.14. The molecule has 9 nitrogen and oxygen atoms in total. The van der Waals surface area contributed by atoms with Gasteiger partial charge in [-0.1, -0.05) is 35.0 Å². The highest BCUT2D eigenvalue weighted by Crippen LogP contribution is 2.20. The number of sulfonamides is 1. The molecule has 10 heteroatoms. The van der Waals surface area contributed by atoms with Gasteiger partial charge in [-0.2, -0.15) is 4.98 Å². The van der Waals surface area contributed by atoms with Crippen molar-refractivity contribution in [1.29, 1.82) is 0 Å². The number of benzene rings is 2. The SMILES string of the molecule is Cc1ccc(-c2noc(CN(C)C(=O)COc3ccc(N(C)S(C)(=O)=O)cc3)n2)cc1. The van der Waals surface area contributed by atoms with Crippen molar-refractivity contribution in [3.05, 3.63) is 60.0 Å². The summed E-state index contributed by atoms with van der Waals surface area (Å²) in [6, 6.07) is 14.2. The Balaban J connectivity index is 1.53. The van der Waals surface area contributed by atoms with Crippen molar-refractivity contribution in [3.8, 4) is 17.1 Å². The summed E-state index contributed by atoms with van der Waals surface area (Å²) in [5.74, 6) is 0.963. The zero-order valence-electron chi connectivity index (χ0n) is 17.8. The molecule has 2 aromatic carbocycles. The van der Waals surface area contributed by atoms with Gasteiger partial charge in [-0.3, -0.25) is 9.10 Å². The summed E-state index contributed by atoms with van der Waals surface area (Å²) in [5, 5.41) is 3.96. The fourth-order valence-electron chi connectivity index (χ4n) is 2.63. The predicted molar refractivity (Wildman–Crippen MR) is 116 cm³/mol. The van der Waals surface area contributed by atoms with E-state index < -0.39 is 10.0 Å². The topological polar surface area (TPSA) is 106 Å². The number of ether oxygens (including phenoxy) is 1. The van der Waals surface area contributed by atoms with Gasteiger partial charge in [0.15, 0.2) is 6.61 Å². The maximum absolute atomic E-state index is 12.4. The lowest BCUT2D eigenvalue weighted by Gasteiger charge is -2.17. The molecule has 0 bridgehead atoms. The highest BCUT2D eigenvalue weighted by atomic mass is 32.2. The van der Waals surface area contributed by atoms with Crippen LogP contribution in [0.25, 0.3) is 11.4 Å². The molecule has 31 heavy (non-hydrogen) atoms. The van der Waals surface area contributed by atoms with Crippen molar-refractivity contribution < 1.29 is 22.5 Å². The van der Waals surface area contributed by atoms with Gasteiger partial charge < -0.3 is 14.2 Å². The molecule has 0 N–H and O–H groups in total. The molecule has 164 valence electrons. The first-order valence-corrected chi connectivity index (χ1v) is 11.3. The first-order chi connectivity index (χ1) is 14.6. The summed E-state index contributed by atoms with van der Waals surface area (Å²) in [4.78, 5) is 18.1. The largest absolute Gasteiger partial charge is 0.484 e. The molecule has 0 saturated carbocycles. The smallest absolute Gasteiger partial charge is 0.260 e. The van der Waals surface area contributed by atoms with Gasteiger partial charge in [-0.25, -0.2) is 8.42 Å². The number of anilines is 1. The van der Waals surface area contributed by atoms with E-state index in [0.717, 1.165) is 21.7 Å². The molecular formula is C21H24N4O5S. The van der Waals surface area contributed by atoms with Crippen molar-refractivity contribution in [2.75, 3.05) is 31.3 Å².